The van der Waals surface area contributed by atoms with Gasteiger partial charge < -0.3 is 15.5 Å². The number of carboxylic acids is 1. The molecular formula is C15H20ClNO4. The van der Waals surface area contributed by atoms with Crippen molar-refractivity contribution < 1.29 is 19.8 Å². The molecule has 1 atom stereocenters. The molecule has 0 saturated carbocycles. The first-order chi connectivity index (χ1) is 9.64. The van der Waals surface area contributed by atoms with Gasteiger partial charge in [-0.15, -0.1) is 0 Å². The van der Waals surface area contributed by atoms with Gasteiger partial charge in [0.2, 0.25) is 0 Å². The maximum absolute atomic E-state index is 12.1. The predicted molar refractivity (Wildman–Crippen MR) is 80.8 cm³/mol. The SMILES string of the molecule is CC(C)(C)CC(CO)NC(=O)c1ccc(C(=O)O)cc1Cl. The van der Waals surface area contributed by atoms with Gasteiger partial charge in [0.05, 0.1) is 28.8 Å². The molecule has 0 aliphatic heterocycles. The van der Waals surface area contributed by atoms with Crippen LogP contribution >= 0.6 is 11.6 Å². The van der Waals surface area contributed by atoms with Crippen molar-refractivity contribution in [3.63, 3.8) is 0 Å². The van der Waals surface area contributed by atoms with E-state index in [0.29, 0.717) is 6.42 Å². The lowest BCUT2D eigenvalue weighted by Gasteiger charge is -2.25. The van der Waals surface area contributed by atoms with Crippen LogP contribution in [0, 0.1) is 5.41 Å². The molecule has 1 rings (SSSR count). The summed E-state index contributed by atoms with van der Waals surface area (Å²) in [6.45, 7) is 5.86. The Bertz CT molecular complexity index is 537. The Morgan fingerprint density at radius 2 is 1.95 bits per heavy atom. The molecule has 0 aliphatic carbocycles. The molecule has 1 amide bonds. The second kappa shape index (κ2) is 6.91. The van der Waals surface area contributed by atoms with Crippen molar-refractivity contribution in [1.82, 2.24) is 5.32 Å². The third-order valence-corrected chi connectivity index (χ3v) is 3.19. The Balaban J connectivity index is 2.86. The van der Waals surface area contributed by atoms with Crippen molar-refractivity contribution in [2.24, 2.45) is 5.41 Å². The number of aromatic carboxylic acids is 1. The number of benzene rings is 1. The van der Waals surface area contributed by atoms with Crippen LogP contribution in [-0.4, -0.2) is 34.7 Å². The highest BCUT2D eigenvalue weighted by molar-refractivity contribution is 6.34. The van der Waals surface area contributed by atoms with Gasteiger partial charge in [0, 0.05) is 0 Å². The van der Waals surface area contributed by atoms with E-state index in [1.807, 2.05) is 20.8 Å². The van der Waals surface area contributed by atoms with Crippen LogP contribution in [0.15, 0.2) is 18.2 Å². The van der Waals surface area contributed by atoms with Gasteiger partial charge in [-0.25, -0.2) is 4.79 Å². The Labute approximate surface area is 128 Å². The number of amides is 1. The van der Waals surface area contributed by atoms with Crippen LogP contribution in [-0.2, 0) is 0 Å². The maximum Gasteiger partial charge on any atom is 0.335 e. The molecule has 0 aromatic heterocycles. The second-order valence-electron chi connectivity index (χ2n) is 6.12. The largest absolute Gasteiger partial charge is 0.478 e. The van der Waals surface area contributed by atoms with Crippen molar-refractivity contribution in [1.29, 1.82) is 0 Å². The first-order valence-corrected chi connectivity index (χ1v) is 6.96. The molecule has 1 aromatic rings. The molecule has 0 aliphatic rings. The summed E-state index contributed by atoms with van der Waals surface area (Å²) in [7, 11) is 0. The third-order valence-electron chi connectivity index (χ3n) is 2.88. The summed E-state index contributed by atoms with van der Waals surface area (Å²) < 4.78 is 0. The number of halogens is 1. The van der Waals surface area contributed by atoms with Crippen LogP contribution in [0.5, 0.6) is 0 Å². The summed E-state index contributed by atoms with van der Waals surface area (Å²) in [5.41, 5.74) is 0.163. The first-order valence-electron chi connectivity index (χ1n) is 6.58. The summed E-state index contributed by atoms with van der Waals surface area (Å²) in [6.07, 6.45) is 0.611. The quantitative estimate of drug-likeness (QED) is 0.779. The Morgan fingerprint density at radius 3 is 2.38 bits per heavy atom. The summed E-state index contributed by atoms with van der Waals surface area (Å²) in [4.78, 5) is 23.0. The van der Waals surface area contributed by atoms with Gasteiger partial charge in [-0.1, -0.05) is 32.4 Å². The van der Waals surface area contributed by atoms with Crippen LogP contribution in [0.3, 0.4) is 0 Å². The molecule has 0 bridgehead atoms. The Morgan fingerprint density at radius 1 is 1.33 bits per heavy atom. The lowest BCUT2D eigenvalue weighted by atomic mass is 9.88. The molecule has 1 aromatic carbocycles. The van der Waals surface area contributed by atoms with Gasteiger partial charge >= 0.3 is 5.97 Å². The number of aliphatic hydroxyl groups excluding tert-OH is 1. The monoisotopic (exact) mass is 313 g/mol. The van der Waals surface area contributed by atoms with Gasteiger partial charge in [-0.2, -0.15) is 0 Å². The molecule has 0 fully saturated rings. The minimum Gasteiger partial charge on any atom is -0.478 e. The van der Waals surface area contributed by atoms with Crippen molar-refractivity contribution in [3.05, 3.63) is 34.3 Å². The van der Waals surface area contributed by atoms with Crippen LogP contribution in [0.1, 0.15) is 47.9 Å². The molecule has 1 unspecified atom stereocenters. The molecule has 0 spiro atoms. The number of nitrogens with one attached hydrogen (secondary N) is 1. The number of hydrogen-bond donors (Lipinski definition) is 3. The highest BCUT2D eigenvalue weighted by Gasteiger charge is 2.21. The second-order valence-corrected chi connectivity index (χ2v) is 6.52. The molecule has 6 heteroatoms. The van der Waals surface area contributed by atoms with E-state index in [4.69, 9.17) is 16.7 Å². The van der Waals surface area contributed by atoms with Gasteiger partial charge in [-0.05, 0) is 30.0 Å². The van der Waals surface area contributed by atoms with Crippen molar-refractivity contribution in [2.45, 2.75) is 33.2 Å². The average molecular weight is 314 g/mol. The highest BCUT2D eigenvalue weighted by Crippen LogP contribution is 2.22. The van der Waals surface area contributed by atoms with E-state index in [2.05, 4.69) is 5.32 Å². The van der Waals surface area contributed by atoms with Gasteiger partial charge in [0.15, 0.2) is 0 Å². The summed E-state index contributed by atoms with van der Waals surface area (Å²) in [6, 6.07) is 3.54. The topological polar surface area (TPSA) is 86.6 Å². The van der Waals surface area contributed by atoms with E-state index in [1.165, 1.54) is 18.2 Å². The number of aliphatic hydroxyl groups is 1. The van der Waals surface area contributed by atoms with Crippen molar-refractivity contribution >= 4 is 23.5 Å². The van der Waals surface area contributed by atoms with Gasteiger partial charge in [-0.3, -0.25) is 4.79 Å². The third kappa shape index (κ3) is 5.36. The van der Waals surface area contributed by atoms with Crippen LogP contribution in [0.2, 0.25) is 5.02 Å². The molecule has 3 N–H and O–H groups in total. The van der Waals surface area contributed by atoms with E-state index in [1.54, 1.807) is 0 Å². The van der Waals surface area contributed by atoms with Gasteiger partial charge in [0.1, 0.15) is 0 Å². The Kier molecular flexibility index (Phi) is 5.75. The van der Waals surface area contributed by atoms with Crippen molar-refractivity contribution in [2.75, 3.05) is 6.61 Å². The maximum atomic E-state index is 12.1. The van der Waals surface area contributed by atoms with Crippen LogP contribution < -0.4 is 5.32 Å². The lowest BCUT2D eigenvalue weighted by molar-refractivity contribution is 0.0696. The molecular weight excluding hydrogens is 294 g/mol. The minimum atomic E-state index is -1.11. The smallest absolute Gasteiger partial charge is 0.335 e. The number of carbonyl (C=O) groups excluding carboxylic acids is 1. The average Bonchev–Trinajstić information content (AvgIpc) is 2.35. The number of hydrogen-bond acceptors (Lipinski definition) is 3. The van der Waals surface area contributed by atoms with E-state index < -0.39 is 11.9 Å². The molecule has 0 radical (unpaired) electrons. The zero-order valence-corrected chi connectivity index (χ0v) is 13.1. The highest BCUT2D eigenvalue weighted by atomic mass is 35.5. The zero-order valence-electron chi connectivity index (χ0n) is 12.3. The van der Waals surface area contributed by atoms with Crippen LogP contribution in [0.25, 0.3) is 0 Å². The summed E-state index contributed by atoms with van der Waals surface area (Å²) >= 11 is 5.94. The normalized spacial score (nSPS) is 12.8. The first kappa shape index (κ1) is 17.5. The van der Waals surface area contributed by atoms with E-state index in [9.17, 15) is 14.7 Å². The fraction of sp³-hybridized carbons (Fsp3) is 0.467. The predicted octanol–water partition coefficient (Wildman–Crippen LogP) is 2.57. The van der Waals surface area contributed by atoms with E-state index in [-0.39, 0.29) is 34.2 Å². The Hall–Kier alpha value is -1.59. The standard InChI is InChI=1S/C15H20ClNO4/c1-15(2,3)7-10(8-18)17-13(19)11-5-4-9(14(20)21)6-12(11)16/h4-6,10,18H,7-8H2,1-3H3,(H,17,19)(H,20,21). The van der Waals surface area contributed by atoms with E-state index >= 15 is 0 Å². The molecule has 0 saturated heterocycles. The van der Waals surface area contributed by atoms with Gasteiger partial charge in [0.25, 0.3) is 5.91 Å². The van der Waals surface area contributed by atoms with E-state index in [0.717, 1.165) is 0 Å². The molecule has 0 heterocycles. The molecule has 116 valence electrons. The molecule has 5 nitrogen and oxygen atoms in total. The fourth-order valence-corrected chi connectivity index (χ4v) is 2.26. The fourth-order valence-electron chi connectivity index (χ4n) is 2.00. The summed E-state index contributed by atoms with van der Waals surface area (Å²) in [5, 5.41) is 21.0. The minimum absolute atomic E-state index is 0.0185. The summed E-state index contributed by atoms with van der Waals surface area (Å²) in [5.74, 6) is -1.54. The van der Waals surface area contributed by atoms with Crippen molar-refractivity contribution in [3.8, 4) is 0 Å². The molecule has 21 heavy (non-hydrogen) atoms. The van der Waals surface area contributed by atoms with Crippen LogP contribution in [0.4, 0.5) is 0 Å². The number of carboxylic acid groups (broad SMARTS) is 1. The zero-order chi connectivity index (χ0) is 16.2. The number of rotatable bonds is 5. The lowest BCUT2D eigenvalue weighted by Crippen LogP contribution is -2.40. The number of carbonyl (C=O) groups is 2.